The summed E-state index contributed by atoms with van der Waals surface area (Å²) < 4.78 is 5.02. The third-order valence-electron chi connectivity index (χ3n) is 3.93. The number of nitriles is 1. The van der Waals surface area contributed by atoms with Crippen LogP contribution in [0, 0.1) is 17.2 Å². The quantitative estimate of drug-likeness (QED) is 0.837. The van der Waals surface area contributed by atoms with Crippen LogP contribution in [0.5, 0.6) is 0 Å². The summed E-state index contributed by atoms with van der Waals surface area (Å²) in [6, 6.07) is 9.02. The summed E-state index contributed by atoms with van der Waals surface area (Å²) in [5, 5.41) is 11.8. The third kappa shape index (κ3) is 4.71. The summed E-state index contributed by atoms with van der Waals surface area (Å²) in [6.07, 6.45) is 1.31. The third-order valence-corrected chi connectivity index (χ3v) is 3.93. The molecule has 1 N–H and O–H groups in total. The van der Waals surface area contributed by atoms with E-state index in [-0.39, 0.29) is 24.3 Å². The van der Waals surface area contributed by atoms with Crippen LogP contribution < -0.4 is 5.32 Å². The number of anilines is 1. The highest BCUT2D eigenvalue weighted by Crippen LogP contribution is 2.19. The molecule has 2 rings (SSSR count). The molecule has 0 spiro atoms. The predicted octanol–water partition coefficient (Wildman–Crippen LogP) is 1.77. The molecule has 0 atom stereocenters. The van der Waals surface area contributed by atoms with Gasteiger partial charge in [0.15, 0.2) is 0 Å². The van der Waals surface area contributed by atoms with Gasteiger partial charge in [0, 0.05) is 18.8 Å². The Labute approximate surface area is 136 Å². The number of amides is 1. The van der Waals surface area contributed by atoms with E-state index in [0.29, 0.717) is 38.1 Å². The largest absolute Gasteiger partial charge is 0.466 e. The van der Waals surface area contributed by atoms with Crippen molar-refractivity contribution in [1.82, 2.24) is 4.90 Å². The van der Waals surface area contributed by atoms with Crippen LogP contribution >= 0.6 is 0 Å². The van der Waals surface area contributed by atoms with Crippen molar-refractivity contribution in [2.75, 3.05) is 31.6 Å². The molecule has 0 bridgehead atoms. The minimum Gasteiger partial charge on any atom is -0.466 e. The summed E-state index contributed by atoms with van der Waals surface area (Å²) in [6.45, 7) is 3.56. The Kier molecular flexibility index (Phi) is 5.98. The fourth-order valence-corrected chi connectivity index (χ4v) is 2.58. The molecule has 6 nitrogen and oxygen atoms in total. The SMILES string of the molecule is CCOC(=O)C1CCN(C(=O)CNc2ccc(C#N)cc2)CC1. The first-order chi connectivity index (χ1) is 11.1. The van der Waals surface area contributed by atoms with Crippen molar-refractivity contribution in [3.8, 4) is 6.07 Å². The maximum Gasteiger partial charge on any atom is 0.309 e. The molecule has 0 aliphatic carbocycles. The van der Waals surface area contributed by atoms with Crippen LogP contribution in [0.4, 0.5) is 5.69 Å². The number of benzene rings is 1. The number of likely N-dealkylation sites (tertiary alicyclic amines) is 1. The Hall–Kier alpha value is -2.55. The Morgan fingerprint density at radius 2 is 1.96 bits per heavy atom. The zero-order chi connectivity index (χ0) is 16.7. The van der Waals surface area contributed by atoms with Gasteiger partial charge < -0.3 is 15.0 Å². The number of nitrogens with one attached hydrogen (secondary N) is 1. The zero-order valence-corrected chi connectivity index (χ0v) is 13.2. The van der Waals surface area contributed by atoms with Crippen molar-refractivity contribution in [3.63, 3.8) is 0 Å². The molecule has 6 heteroatoms. The van der Waals surface area contributed by atoms with Crippen LogP contribution in [-0.2, 0) is 14.3 Å². The summed E-state index contributed by atoms with van der Waals surface area (Å²) in [5.74, 6) is -0.238. The van der Waals surface area contributed by atoms with Crippen LogP contribution in [-0.4, -0.2) is 43.0 Å². The van der Waals surface area contributed by atoms with E-state index in [9.17, 15) is 9.59 Å². The van der Waals surface area contributed by atoms with Crippen LogP contribution in [0.2, 0.25) is 0 Å². The topological polar surface area (TPSA) is 82.4 Å². The average molecular weight is 315 g/mol. The van der Waals surface area contributed by atoms with Crippen LogP contribution in [0.1, 0.15) is 25.3 Å². The molecule has 0 radical (unpaired) electrons. The molecule has 1 aromatic carbocycles. The Morgan fingerprint density at radius 3 is 2.52 bits per heavy atom. The summed E-state index contributed by atoms with van der Waals surface area (Å²) in [4.78, 5) is 25.6. The van der Waals surface area contributed by atoms with Crippen molar-refractivity contribution >= 4 is 17.6 Å². The molecule has 0 unspecified atom stereocenters. The maximum absolute atomic E-state index is 12.2. The lowest BCUT2D eigenvalue weighted by atomic mass is 9.97. The fourth-order valence-electron chi connectivity index (χ4n) is 2.58. The van der Waals surface area contributed by atoms with E-state index in [1.165, 1.54) is 0 Å². The predicted molar refractivity (Wildman–Crippen MR) is 85.6 cm³/mol. The van der Waals surface area contributed by atoms with Crippen molar-refractivity contribution in [2.24, 2.45) is 5.92 Å². The van der Waals surface area contributed by atoms with Gasteiger partial charge in [-0.05, 0) is 44.0 Å². The van der Waals surface area contributed by atoms with Gasteiger partial charge in [-0.25, -0.2) is 0 Å². The van der Waals surface area contributed by atoms with Crippen molar-refractivity contribution in [3.05, 3.63) is 29.8 Å². The van der Waals surface area contributed by atoms with E-state index in [0.717, 1.165) is 5.69 Å². The van der Waals surface area contributed by atoms with Gasteiger partial charge in [-0.2, -0.15) is 5.26 Å². The summed E-state index contributed by atoms with van der Waals surface area (Å²) in [5.41, 5.74) is 1.39. The number of ether oxygens (including phenoxy) is 1. The van der Waals surface area contributed by atoms with Crippen LogP contribution in [0.15, 0.2) is 24.3 Å². The molecule has 1 aliphatic heterocycles. The van der Waals surface area contributed by atoms with Gasteiger partial charge in [0.2, 0.25) is 5.91 Å². The highest BCUT2D eigenvalue weighted by molar-refractivity contribution is 5.81. The lowest BCUT2D eigenvalue weighted by Gasteiger charge is -2.31. The maximum atomic E-state index is 12.2. The second-order valence-corrected chi connectivity index (χ2v) is 5.45. The molecule has 1 saturated heterocycles. The van der Waals surface area contributed by atoms with E-state index < -0.39 is 0 Å². The summed E-state index contributed by atoms with van der Waals surface area (Å²) >= 11 is 0. The summed E-state index contributed by atoms with van der Waals surface area (Å²) in [7, 11) is 0. The molecule has 23 heavy (non-hydrogen) atoms. The van der Waals surface area contributed by atoms with Gasteiger partial charge in [-0.15, -0.1) is 0 Å². The molecule has 1 aliphatic rings. The number of hydrogen-bond acceptors (Lipinski definition) is 5. The first kappa shape index (κ1) is 16.8. The van der Waals surface area contributed by atoms with E-state index in [4.69, 9.17) is 10.00 Å². The first-order valence-electron chi connectivity index (χ1n) is 7.82. The Balaban J connectivity index is 1.76. The number of carbonyl (C=O) groups excluding carboxylic acids is 2. The molecule has 122 valence electrons. The van der Waals surface area contributed by atoms with Crippen molar-refractivity contribution < 1.29 is 14.3 Å². The minimum atomic E-state index is -0.157. The molecule has 1 aromatic rings. The molecular formula is C17H21N3O3. The lowest BCUT2D eigenvalue weighted by Crippen LogP contribution is -2.43. The molecule has 1 amide bonds. The zero-order valence-electron chi connectivity index (χ0n) is 13.2. The highest BCUT2D eigenvalue weighted by atomic mass is 16.5. The first-order valence-corrected chi connectivity index (χ1v) is 7.82. The average Bonchev–Trinajstić information content (AvgIpc) is 2.60. The second-order valence-electron chi connectivity index (χ2n) is 5.45. The Morgan fingerprint density at radius 1 is 1.30 bits per heavy atom. The van der Waals surface area contributed by atoms with Gasteiger partial charge in [0.25, 0.3) is 0 Å². The highest BCUT2D eigenvalue weighted by Gasteiger charge is 2.27. The fraction of sp³-hybridized carbons (Fsp3) is 0.471. The monoisotopic (exact) mass is 315 g/mol. The smallest absolute Gasteiger partial charge is 0.309 e. The van der Waals surface area contributed by atoms with Gasteiger partial charge in [0.1, 0.15) is 0 Å². The van der Waals surface area contributed by atoms with Gasteiger partial charge in [-0.1, -0.05) is 0 Å². The van der Waals surface area contributed by atoms with Crippen LogP contribution in [0.3, 0.4) is 0 Å². The van der Waals surface area contributed by atoms with Crippen LogP contribution in [0.25, 0.3) is 0 Å². The van der Waals surface area contributed by atoms with Gasteiger partial charge in [0.05, 0.1) is 30.7 Å². The molecule has 1 fully saturated rings. The lowest BCUT2D eigenvalue weighted by molar-refractivity contribution is -0.151. The van der Waals surface area contributed by atoms with Crippen molar-refractivity contribution in [2.45, 2.75) is 19.8 Å². The second kappa shape index (κ2) is 8.18. The van der Waals surface area contributed by atoms with Gasteiger partial charge >= 0.3 is 5.97 Å². The molecule has 0 aromatic heterocycles. The van der Waals surface area contributed by atoms with E-state index in [1.54, 1.807) is 36.1 Å². The standard InChI is InChI=1S/C17H21N3O3/c1-2-23-17(22)14-7-9-20(10-8-14)16(21)12-19-15-5-3-13(11-18)4-6-15/h3-6,14,19H,2,7-10,12H2,1H3. The van der Waals surface area contributed by atoms with E-state index in [1.807, 2.05) is 0 Å². The van der Waals surface area contributed by atoms with Crippen molar-refractivity contribution in [1.29, 1.82) is 5.26 Å². The normalized spacial score (nSPS) is 14.9. The number of nitrogens with zero attached hydrogens (tertiary/aromatic N) is 2. The number of hydrogen-bond donors (Lipinski definition) is 1. The molecule has 1 heterocycles. The minimum absolute atomic E-state index is 0.0108. The molecule has 0 saturated carbocycles. The number of piperidine rings is 1. The molecular weight excluding hydrogens is 294 g/mol. The van der Waals surface area contributed by atoms with E-state index in [2.05, 4.69) is 11.4 Å². The number of esters is 1. The van der Waals surface area contributed by atoms with E-state index >= 15 is 0 Å². The Bertz CT molecular complexity index is 584. The van der Waals surface area contributed by atoms with Gasteiger partial charge in [-0.3, -0.25) is 9.59 Å². The number of carbonyl (C=O) groups is 2. The number of rotatable bonds is 5.